The van der Waals surface area contributed by atoms with Crippen LogP contribution in [-0.4, -0.2) is 40.4 Å². The molecule has 0 spiro atoms. The molecule has 2 aromatic heterocycles. The number of carbonyl (C=O) groups is 2. The Balaban J connectivity index is 1.71. The molecule has 0 aliphatic heterocycles. The third-order valence-corrected chi connectivity index (χ3v) is 8.18. The lowest BCUT2D eigenvalue weighted by molar-refractivity contribution is -0.114. The minimum atomic E-state index is -1.24. The van der Waals surface area contributed by atoms with Crippen molar-refractivity contribution in [2.75, 3.05) is 24.9 Å². The van der Waals surface area contributed by atoms with E-state index >= 15 is 4.39 Å². The number of benzene rings is 3. The Morgan fingerprint density at radius 3 is 2.27 bits per heavy atom. The Labute approximate surface area is 288 Å². The molecule has 49 heavy (non-hydrogen) atoms. The first-order valence-electron chi connectivity index (χ1n) is 14.4. The zero-order chi connectivity index (χ0) is 35.4. The fourth-order valence-electron chi connectivity index (χ4n) is 4.98. The molecule has 0 saturated carbocycles. The molecule has 0 aliphatic rings. The standard InChI is InChI=1S/C35H27Cl2F2N5O5/c1-5-22(45)13-19-9-12-24(38)31(39)32(19)42-35-40-16-20-14-23(28-29(36)25(48-3)15-26(49-4)30(28)37)34(47)44(33(20)43-35)17-18-7-10-21(11-8-18)41-27(46)6-2/h5-12,14-16H,1-2,13,17H2,3-4H3,(H,41,46)(H,40,42,43). The van der Waals surface area contributed by atoms with Crippen molar-refractivity contribution >= 4 is 63.2 Å². The summed E-state index contributed by atoms with van der Waals surface area (Å²) in [4.78, 5) is 47.0. The van der Waals surface area contributed by atoms with E-state index in [9.17, 15) is 18.8 Å². The summed E-state index contributed by atoms with van der Waals surface area (Å²) in [6.45, 7) is 6.83. The molecule has 14 heteroatoms. The largest absolute Gasteiger partial charge is 0.495 e. The molecule has 0 aliphatic carbocycles. The number of halogens is 4. The van der Waals surface area contributed by atoms with Crippen LogP contribution in [0.4, 0.5) is 26.1 Å². The normalized spacial score (nSPS) is 10.8. The van der Waals surface area contributed by atoms with Crippen LogP contribution in [0.2, 0.25) is 10.0 Å². The molecule has 2 N–H and O–H groups in total. The first-order valence-corrected chi connectivity index (χ1v) is 15.2. The van der Waals surface area contributed by atoms with Crippen LogP contribution in [0.3, 0.4) is 0 Å². The Morgan fingerprint density at radius 2 is 1.65 bits per heavy atom. The summed E-state index contributed by atoms with van der Waals surface area (Å²) in [5.74, 6) is -2.99. The van der Waals surface area contributed by atoms with Crippen molar-refractivity contribution in [3.05, 3.63) is 123 Å². The zero-order valence-corrected chi connectivity index (χ0v) is 27.6. The molecular weight excluding hydrogens is 679 g/mol. The molecule has 0 saturated heterocycles. The van der Waals surface area contributed by atoms with Gasteiger partial charge in [-0.3, -0.25) is 19.0 Å². The van der Waals surface area contributed by atoms with E-state index in [0.717, 1.165) is 18.2 Å². The highest BCUT2D eigenvalue weighted by Gasteiger charge is 2.24. The van der Waals surface area contributed by atoms with Crippen LogP contribution in [0.25, 0.3) is 22.2 Å². The Kier molecular flexibility index (Phi) is 10.4. The van der Waals surface area contributed by atoms with E-state index in [1.807, 2.05) is 0 Å². The van der Waals surface area contributed by atoms with Gasteiger partial charge in [-0.05, 0) is 47.5 Å². The first-order chi connectivity index (χ1) is 23.5. The molecule has 0 radical (unpaired) electrons. The summed E-state index contributed by atoms with van der Waals surface area (Å²) in [6.07, 6.45) is 3.32. The molecule has 3 aromatic carbocycles. The lowest BCUT2D eigenvalue weighted by Gasteiger charge is -2.18. The van der Waals surface area contributed by atoms with Crippen molar-refractivity contribution < 1.29 is 27.8 Å². The van der Waals surface area contributed by atoms with Crippen LogP contribution < -0.4 is 25.7 Å². The van der Waals surface area contributed by atoms with E-state index in [1.54, 1.807) is 24.3 Å². The Morgan fingerprint density at radius 1 is 0.980 bits per heavy atom. The van der Waals surface area contributed by atoms with Gasteiger partial charge in [-0.2, -0.15) is 4.98 Å². The summed E-state index contributed by atoms with van der Waals surface area (Å²) in [6, 6.07) is 11.9. The number of hydrogen-bond acceptors (Lipinski definition) is 8. The summed E-state index contributed by atoms with van der Waals surface area (Å²) in [5.41, 5.74) is 0.667. The van der Waals surface area contributed by atoms with Gasteiger partial charge in [0.2, 0.25) is 11.9 Å². The second kappa shape index (κ2) is 14.7. The second-order valence-electron chi connectivity index (χ2n) is 10.5. The van der Waals surface area contributed by atoms with Crippen molar-refractivity contribution in [2.45, 2.75) is 13.0 Å². The number of aromatic nitrogens is 3. The zero-order valence-electron chi connectivity index (χ0n) is 26.1. The van der Waals surface area contributed by atoms with E-state index in [0.29, 0.717) is 16.6 Å². The quantitative estimate of drug-likeness (QED) is 0.130. The maximum absolute atomic E-state index is 15.1. The van der Waals surface area contributed by atoms with Crippen LogP contribution in [0.5, 0.6) is 11.5 Å². The van der Waals surface area contributed by atoms with Crippen molar-refractivity contribution in [3.8, 4) is 22.6 Å². The predicted molar refractivity (Wildman–Crippen MR) is 185 cm³/mol. The number of nitrogens with one attached hydrogen (secondary N) is 2. The highest BCUT2D eigenvalue weighted by atomic mass is 35.5. The van der Waals surface area contributed by atoms with Gasteiger partial charge in [0.1, 0.15) is 17.1 Å². The average molecular weight is 707 g/mol. The van der Waals surface area contributed by atoms with E-state index in [2.05, 4.69) is 33.8 Å². The smallest absolute Gasteiger partial charge is 0.260 e. The number of methoxy groups -OCH3 is 2. The number of allylic oxidation sites excluding steroid dienone is 1. The first kappa shape index (κ1) is 34.7. The van der Waals surface area contributed by atoms with Crippen molar-refractivity contribution in [1.29, 1.82) is 0 Å². The monoisotopic (exact) mass is 705 g/mol. The lowest BCUT2D eigenvalue weighted by atomic mass is 10.0. The van der Waals surface area contributed by atoms with Gasteiger partial charge in [0.15, 0.2) is 17.4 Å². The molecule has 0 unspecified atom stereocenters. The average Bonchev–Trinajstić information content (AvgIpc) is 3.10. The van der Waals surface area contributed by atoms with Crippen LogP contribution in [0.15, 0.2) is 84.8 Å². The van der Waals surface area contributed by atoms with E-state index < -0.39 is 28.9 Å². The number of nitrogens with zero attached hydrogens (tertiary/aromatic N) is 3. The van der Waals surface area contributed by atoms with Crippen LogP contribution in [0, 0.1) is 11.6 Å². The third kappa shape index (κ3) is 7.15. The molecule has 5 rings (SSSR count). The minimum absolute atomic E-state index is 0.0426. The van der Waals surface area contributed by atoms with Crippen LogP contribution in [-0.2, 0) is 22.6 Å². The lowest BCUT2D eigenvalue weighted by Crippen LogP contribution is -2.24. The second-order valence-corrected chi connectivity index (χ2v) is 11.2. The molecule has 10 nitrogen and oxygen atoms in total. The molecule has 1 amide bonds. The number of pyridine rings is 1. The van der Waals surface area contributed by atoms with Gasteiger partial charge in [-0.15, -0.1) is 0 Å². The van der Waals surface area contributed by atoms with Crippen molar-refractivity contribution in [1.82, 2.24) is 14.5 Å². The predicted octanol–water partition coefficient (Wildman–Crippen LogP) is 7.27. The molecule has 0 bridgehead atoms. The summed E-state index contributed by atoms with van der Waals surface area (Å²) >= 11 is 13.4. The van der Waals surface area contributed by atoms with Crippen molar-refractivity contribution in [2.24, 2.45) is 0 Å². The summed E-state index contributed by atoms with van der Waals surface area (Å²) in [5, 5.41) is 5.80. The van der Waals surface area contributed by atoms with Gasteiger partial charge in [-0.25, -0.2) is 13.8 Å². The molecule has 250 valence electrons. The van der Waals surface area contributed by atoms with E-state index in [-0.39, 0.29) is 68.5 Å². The Bertz CT molecular complexity index is 2180. The molecule has 2 heterocycles. The maximum Gasteiger partial charge on any atom is 0.260 e. The topological polar surface area (TPSA) is 124 Å². The van der Waals surface area contributed by atoms with Crippen LogP contribution in [0.1, 0.15) is 11.1 Å². The van der Waals surface area contributed by atoms with Gasteiger partial charge in [0.05, 0.1) is 42.1 Å². The third-order valence-electron chi connectivity index (χ3n) is 7.43. The fraction of sp³-hybridized carbons (Fsp3) is 0.114. The molecule has 5 aromatic rings. The summed E-state index contributed by atoms with van der Waals surface area (Å²) < 4.78 is 41.5. The van der Waals surface area contributed by atoms with Gasteiger partial charge in [0.25, 0.3) is 5.56 Å². The highest BCUT2D eigenvalue weighted by molar-refractivity contribution is 6.41. The number of anilines is 3. The maximum atomic E-state index is 15.1. The number of ether oxygens (including phenoxy) is 2. The van der Waals surface area contributed by atoms with Gasteiger partial charge >= 0.3 is 0 Å². The SMILES string of the molecule is C=CC(=O)Cc1ccc(F)c(F)c1Nc1ncc2cc(-c3c(Cl)c(OC)cc(OC)c3Cl)c(=O)n(Cc3ccc(NC(=O)C=C)cc3)c2n1. The van der Waals surface area contributed by atoms with Gasteiger partial charge in [-0.1, -0.05) is 54.6 Å². The number of amides is 1. The number of hydrogen-bond donors (Lipinski definition) is 2. The number of ketones is 1. The molecule has 0 atom stereocenters. The van der Waals surface area contributed by atoms with Gasteiger partial charge in [0, 0.05) is 35.3 Å². The minimum Gasteiger partial charge on any atom is -0.495 e. The fourth-order valence-corrected chi connectivity index (χ4v) is 5.69. The molecular formula is C35H27Cl2F2N5O5. The number of carbonyl (C=O) groups excluding carboxylic acids is 2. The molecule has 0 fully saturated rings. The van der Waals surface area contributed by atoms with Crippen LogP contribution >= 0.6 is 23.2 Å². The Hall–Kier alpha value is -5.59. The van der Waals surface area contributed by atoms with E-state index in [1.165, 1.54) is 43.2 Å². The van der Waals surface area contributed by atoms with Crippen molar-refractivity contribution in [3.63, 3.8) is 0 Å². The van der Waals surface area contributed by atoms with E-state index in [4.69, 9.17) is 32.7 Å². The number of fused-ring (bicyclic) bond motifs is 1. The number of rotatable bonds is 12. The van der Waals surface area contributed by atoms with Gasteiger partial charge < -0.3 is 20.1 Å². The summed E-state index contributed by atoms with van der Waals surface area (Å²) in [7, 11) is 2.81. The highest BCUT2D eigenvalue weighted by Crippen LogP contribution is 2.45.